The minimum Gasteiger partial charge on any atom is -0.497 e. The molecule has 20 aromatic rings. The molecular weight excluding hydrogens is 1600 g/mol. The number of thiophene rings is 2. The molecule has 13 heterocycles. The van der Waals surface area contributed by atoms with Gasteiger partial charge in [-0.2, -0.15) is 18.2 Å². The van der Waals surface area contributed by atoms with Crippen molar-refractivity contribution in [3.05, 3.63) is 350 Å². The highest BCUT2D eigenvalue weighted by atomic mass is 32.1. The van der Waals surface area contributed by atoms with E-state index >= 15 is 0 Å². The summed E-state index contributed by atoms with van der Waals surface area (Å²) in [5, 5.41) is 18.9. The number of alkyl halides is 3. The molecule has 0 fully saturated rings. The quantitative estimate of drug-likeness (QED) is 0.159. The van der Waals surface area contributed by atoms with E-state index in [2.05, 4.69) is 185 Å². The molecule has 0 atom stereocenters. The van der Waals surface area contributed by atoms with Crippen LogP contribution in [-0.4, -0.2) is 87.4 Å². The van der Waals surface area contributed by atoms with E-state index in [9.17, 15) is 13.2 Å². The molecule has 0 aliphatic rings. The normalized spacial score (nSPS) is 10.2. The third-order valence-electron chi connectivity index (χ3n) is 15.9. The van der Waals surface area contributed by atoms with E-state index in [1.165, 1.54) is 58.2 Å². The number of rotatable bonds is 3. The molecule has 0 saturated heterocycles. The van der Waals surface area contributed by atoms with Crippen molar-refractivity contribution in [2.75, 3.05) is 7.11 Å². The van der Waals surface area contributed by atoms with Gasteiger partial charge < -0.3 is 13.7 Å². The average Bonchev–Trinajstić information content (AvgIpc) is 1.77. The SMILES string of the molecule is COc1ccc(C)cc1.Cc1ccc(C(F)(F)F)cn1.Cc1ccc2nonc2c1.Cc1ccc2sc(C)nc2c1.Cc1ccc2scnc2c1.Cc1cnccn1.Cc1csc2ccccc12.Cc1nc2ccccc2o1.Cc1nc2cccnc2s1.Cc1nccc(-c2cccs2)n1.Cc1ncccn1.Cc1noc(-c2ccccc2)n1. The van der Waals surface area contributed by atoms with Crippen LogP contribution in [0.4, 0.5) is 13.2 Å². The number of benzene rings is 7. The van der Waals surface area contributed by atoms with Crippen LogP contribution < -0.4 is 4.74 Å². The number of aryl methyl sites for hydroxylation is 13. The van der Waals surface area contributed by atoms with Crippen molar-refractivity contribution in [1.29, 1.82) is 0 Å². The van der Waals surface area contributed by atoms with Gasteiger partial charge in [-0.25, -0.2) is 49.5 Å². The Kier molecular flexibility index (Phi) is 35.3. The van der Waals surface area contributed by atoms with Gasteiger partial charge in [-0.15, -0.1) is 45.3 Å². The minimum atomic E-state index is -4.28. The number of para-hydroxylation sites is 2. The van der Waals surface area contributed by atoms with Crippen LogP contribution in [0.2, 0.25) is 0 Å². The number of methoxy groups -OCH3 is 1. The highest BCUT2D eigenvalue weighted by Crippen LogP contribution is 2.29. The third-order valence-corrected chi connectivity index (χ3v) is 20.5. The number of nitrogens with zero attached hydrogens (tertiary/aromatic N) is 16. The number of fused-ring (bicyclic) bond motifs is 6. The molecular formula is C91H87F3N16O4S5. The lowest BCUT2D eigenvalue weighted by Crippen LogP contribution is -2.05. The Labute approximate surface area is 707 Å². The van der Waals surface area contributed by atoms with Crippen molar-refractivity contribution >= 4 is 120 Å². The van der Waals surface area contributed by atoms with Crippen molar-refractivity contribution in [2.24, 2.45) is 0 Å². The second-order valence-corrected chi connectivity index (χ2v) is 30.9. The topological polar surface area (TPSA) is 255 Å². The maximum atomic E-state index is 11.9. The van der Waals surface area contributed by atoms with Gasteiger partial charge in [-0.1, -0.05) is 107 Å². The smallest absolute Gasteiger partial charge is 0.417 e. The fourth-order valence-electron chi connectivity index (χ4n) is 10.1. The van der Waals surface area contributed by atoms with Crippen molar-refractivity contribution in [1.82, 2.24) is 80.3 Å². The van der Waals surface area contributed by atoms with Gasteiger partial charge in [-0.3, -0.25) is 15.0 Å². The van der Waals surface area contributed by atoms with E-state index in [0.29, 0.717) is 17.4 Å². The predicted octanol–water partition coefficient (Wildman–Crippen LogP) is 24.9. The molecule has 20 rings (SSSR count). The van der Waals surface area contributed by atoms with Crippen molar-refractivity contribution in [3.63, 3.8) is 0 Å². The van der Waals surface area contributed by atoms with E-state index in [4.69, 9.17) is 13.7 Å². The molecule has 0 amide bonds. The Hall–Kier alpha value is -13.0. The van der Waals surface area contributed by atoms with Gasteiger partial charge in [0, 0.05) is 72.5 Å². The van der Waals surface area contributed by atoms with Crippen LogP contribution >= 0.6 is 56.7 Å². The van der Waals surface area contributed by atoms with Gasteiger partial charge in [0.05, 0.1) is 64.9 Å². The summed E-state index contributed by atoms with van der Waals surface area (Å²) in [6.45, 7) is 25.4. The zero-order valence-corrected chi connectivity index (χ0v) is 72.0. The molecule has 0 N–H and O–H groups in total. The van der Waals surface area contributed by atoms with E-state index in [-0.39, 0.29) is 0 Å². The zero-order valence-electron chi connectivity index (χ0n) is 67.9. The first kappa shape index (κ1) is 89.9. The number of ether oxygens (including phenoxy) is 1. The van der Waals surface area contributed by atoms with Crippen molar-refractivity contribution in [3.8, 4) is 27.8 Å². The fourth-order valence-corrected chi connectivity index (χ4v) is 13.9. The summed E-state index contributed by atoms with van der Waals surface area (Å²) in [5.74, 6) is 4.52. The molecule has 0 spiro atoms. The van der Waals surface area contributed by atoms with Crippen molar-refractivity contribution in [2.45, 2.75) is 96.2 Å². The summed E-state index contributed by atoms with van der Waals surface area (Å²) in [6.07, 6.45) is 8.64. The van der Waals surface area contributed by atoms with Gasteiger partial charge in [0.15, 0.2) is 17.3 Å². The first-order chi connectivity index (χ1) is 57.4. The Morgan fingerprint density at radius 3 is 1.69 bits per heavy atom. The molecule has 0 aliphatic carbocycles. The summed E-state index contributed by atoms with van der Waals surface area (Å²) in [5.41, 5.74) is 17.7. The number of pyridine rings is 2. The number of hydrogen-bond donors (Lipinski definition) is 0. The first-order valence-corrected chi connectivity index (χ1v) is 41.2. The minimum absolute atomic E-state index is 0.577. The lowest BCUT2D eigenvalue weighted by Gasteiger charge is -2.04. The van der Waals surface area contributed by atoms with Gasteiger partial charge in [-0.05, 0) is 253 Å². The third kappa shape index (κ3) is 30.9. The van der Waals surface area contributed by atoms with Gasteiger partial charge in [0.25, 0.3) is 5.89 Å². The zero-order chi connectivity index (χ0) is 84.9. The second-order valence-electron chi connectivity index (χ2n) is 25.8. The standard InChI is InChI=1S/C9H8N2O.C9H8N2S.C9H9NS.C9H8S.C8H7NO.C8H7NS.C8H10O.C7H6F3N.C7H6N2O.C7H6N2S.2C5H6N2/c1-7-10-9(12-11-7)8-5-3-2-4-6-8;1-7-10-5-4-8(11-7)9-3-2-6-12-9;1-6-3-4-9-8(5-6)10-7(2)11-9;1-7-6-10-9-5-3-2-4-8(7)9;1-6-9-7-4-2-3-5-8(7)10-6;1-6-2-3-8-7(4-6)9-5-10-8;1-7-3-5-8(9-2)6-4-7;1-5-2-3-6(4-11-5)7(8,9)10;1-5-2-3-6-7(4-5)9-10-8-6;1-5-9-6-3-2-4-8-7(6)10-5;1-5-4-6-2-3-7-5;1-5-6-3-2-4-7-5/h2*2-6H,1H3;3-5H,1-2H3;2-6H,1H3;2*2-5H,1H3;3-6H,1-2H3;2-4H,1H3;2*2-4H,1H3;2*2-4H,1H3. The molecule has 0 aliphatic heterocycles. The largest absolute Gasteiger partial charge is 0.497 e. The number of halogens is 3. The molecule has 119 heavy (non-hydrogen) atoms. The monoisotopic (exact) mass is 1680 g/mol. The number of oxazole rings is 1. The van der Waals surface area contributed by atoms with E-state index < -0.39 is 11.7 Å². The molecule has 0 unspecified atom stereocenters. The van der Waals surface area contributed by atoms with E-state index in [1.54, 1.807) is 116 Å². The molecule has 606 valence electrons. The summed E-state index contributed by atoms with van der Waals surface area (Å²) < 4.78 is 59.3. The molecule has 0 saturated carbocycles. The van der Waals surface area contributed by atoms with Crippen LogP contribution in [0.5, 0.6) is 5.75 Å². The Balaban J connectivity index is 0.000000148. The Bertz CT molecular complexity index is 6050. The van der Waals surface area contributed by atoms with Crippen LogP contribution in [0.3, 0.4) is 0 Å². The van der Waals surface area contributed by atoms with Crippen molar-refractivity contribution < 1.29 is 31.5 Å². The van der Waals surface area contributed by atoms with Crippen LogP contribution in [0.15, 0.2) is 286 Å². The van der Waals surface area contributed by atoms with Crippen LogP contribution in [0.1, 0.15) is 78.1 Å². The summed E-state index contributed by atoms with van der Waals surface area (Å²) in [7, 11) is 1.67. The maximum Gasteiger partial charge on any atom is 0.417 e. The Morgan fingerprint density at radius 2 is 1.06 bits per heavy atom. The molecule has 7 aromatic carbocycles. The van der Waals surface area contributed by atoms with Crippen LogP contribution in [0.25, 0.3) is 85.0 Å². The molecule has 20 nitrogen and oxygen atoms in total. The Morgan fingerprint density at radius 1 is 0.403 bits per heavy atom. The van der Waals surface area contributed by atoms with E-state index in [1.807, 2.05) is 192 Å². The molecule has 13 aromatic heterocycles. The van der Waals surface area contributed by atoms with Crippen LogP contribution in [-0.2, 0) is 6.18 Å². The fraction of sp³-hybridized carbons (Fsp3) is 0.165. The lowest BCUT2D eigenvalue weighted by atomic mass is 10.2. The highest BCUT2D eigenvalue weighted by Gasteiger charge is 2.30. The number of aromatic nitrogens is 16. The summed E-state index contributed by atoms with van der Waals surface area (Å²) >= 11 is 8.57. The van der Waals surface area contributed by atoms with Gasteiger partial charge >= 0.3 is 6.18 Å². The van der Waals surface area contributed by atoms with Gasteiger partial charge in [0.1, 0.15) is 44.3 Å². The van der Waals surface area contributed by atoms with Crippen LogP contribution in [0, 0.1) is 90.0 Å². The lowest BCUT2D eigenvalue weighted by molar-refractivity contribution is -0.137. The molecule has 28 heteroatoms. The molecule has 0 bridgehead atoms. The maximum absolute atomic E-state index is 11.9. The number of hydrogen-bond acceptors (Lipinski definition) is 25. The second kappa shape index (κ2) is 46.7. The molecule has 0 radical (unpaired) electrons. The highest BCUT2D eigenvalue weighted by molar-refractivity contribution is 7.19. The van der Waals surface area contributed by atoms with E-state index in [0.717, 1.165) is 106 Å². The average molecular weight is 1690 g/mol. The predicted molar refractivity (Wildman–Crippen MR) is 477 cm³/mol. The summed E-state index contributed by atoms with van der Waals surface area (Å²) in [6, 6.07) is 66.5. The van der Waals surface area contributed by atoms with Gasteiger partial charge in [0.2, 0.25) is 0 Å². The first-order valence-electron chi connectivity index (χ1n) is 36.9. The summed E-state index contributed by atoms with van der Waals surface area (Å²) in [4.78, 5) is 54.8. The number of thiazole rings is 3.